The fraction of sp³-hybridized carbons (Fsp3) is 0.625. The second kappa shape index (κ2) is 9.05. The fourth-order valence-corrected chi connectivity index (χ4v) is 2.33. The Morgan fingerprint density at radius 3 is 2.42 bits per heavy atom. The maximum absolute atomic E-state index is 12.9. The minimum Gasteiger partial charge on any atom is -0.329 e. The molecule has 0 heterocycles. The summed E-state index contributed by atoms with van der Waals surface area (Å²) >= 11 is 0. The number of nitrogens with two attached hydrogens (primary N) is 1. The molecule has 1 rings (SSSR count). The topological polar surface area (TPSA) is 29.3 Å². The molecule has 0 radical (unpaired) electrons. The Hall–Kier alpha value is -0.930. The first-order chi connectivity index (χ1) is 9.17. The van der Waals surface area contributed by atoms with Gasteiger partial charge in [0.15, 0.2) is 0 Å². The number of rotatable bonds is 9. The number of likely N-dealkylation sites (N-methyl/N-ethyl adjacent to an activating group) is 1. The highest BCUT2D eigenvalue weighted by atomic mass is 19.1. The molecule has 0 saturated heterocycles. The SMILES string of the molecule is CCCCCCC(CN)N(C)Cc1ccc(F)cc1. The average Bonchev–Trinajstić information content (AvgIpc) is 2.41. The van der Waals surface area contributed by atoms with Gasteiger partial charge in [0, 0.05) is 19.1 Å². The quantitative estimate of drug-likeness (QED) is 0.693. The Balaban J connectivity index is 2.40. The maximum atomic E-state index is 12.9. The highest BCUT2D eigenvalue weighted by Crippen LogP contribution is 2.12. The van der Waals surface area contributed by atoms with E-state index in [4.69, 9.17) is 5.73 Å². The van der Waals surface area contributed by atoms with E-state index in [1.807, 2.05) is 12.1 Å². The van der Waals surface area contributed by atoms with Gasteiger partial charge in [0.2, 0.25) is 0 Å². The lowest BCUT2D eigenvalue weighted by Crippen LogP contribution is -2.37. The molecular formula is C16H27FN2. The van der Waals surface area contributed by atoms with E-state index in [1.54, 1.807) is 0 Å². The lowest BCUT2D eigenvalue weighted by atomic mass is 10.1. The van der Waals surface area contributed by atoms with Crippen LogP contribution in [0.1, 0.15) is 44.6 Å². The Kier molecular flexibility index (Phi) is 7.68. The molecular weight excluding hydrogens is 239 g/mol. The summed E-state index contributed by atoms with van der Waals surface area (Å²) in [5.41, 5.74) is 7.00. The first-order valence-electron chi connectivity index (χ1n) is 7.32. The van der Waals surface area contributed by atoms with Gasteiger partial charge < -0.3 is 5.73 Å². The summed E-state index contributed by atoms with van der Waals surface area (Å²) in [6.45, 7) is 3.74. The molecule has 1 aromatic carbocycles. The molecule has 19 heavy (non-hydrogen) atoms. The van der Waals surface area contributed by atoms with Crippen molar-refractivity contribution in [3.8, 4) is 0 Å². The normalized spacial score (nSPS) is 12.9. The molecule has 0 spiro atoms. The molecule has 1 aromatic rings. The molecule has 0 bridgehead atoms. The molecule has 0 fully saturated rings. The monoisotopic (exact) mass is 266 g/mol. The van der Waals surface area contributed by atoms with Crippen molar-refractivity contribution in [2.45, 2.75) is 51.6 Å². The minimum atomic E-state index is -0.179. The van der Waals surface area contributed by atoms with Crippen LogP contribution in [0.4, 0.5) is 4.39 Å². The number of benzene rings is 1. The molecule has 1 atom stereocenters. The zero-order valence-corrected chi connectivity index (χ0v) is 12.2. The van der Waals surface area contributed by atoms with E-state index in [9.17, 15) is 4.39 Å². The van der Waals surface area contributed by atoms with Gasteiger partial charge in [-0.1, -0.05) is 44.7 Å². The summed E-state index contributed by atoms with van der Waals surface area (Å²) in [5, 5.41) is 0. The molecule has 2 N–H and O–H groups in total. The molecule has 0 aliphatic rings. The third kappa shape index (κ3) is 6.17. The predicted octanol–water partition coefficient (Wildman–Crippen LogP) is 3.56. The Morgan fingerprint density at radius 1 is 1.16 bits per heavy atom. The van der Waals surface area contributed by atoms with E-state index in [2.05, 4.69) is 18.9 Å². The third-order valence-electron chi connectivity index (χ3n) is 3.63. The van der Waals surface area contributed by atoms with Crippen LogP contribution in [0, 0.1) is 5.82 Å². The number of hydrogen-bond donors (Lipinski definition) is 1. The van der Waals surface area contributed by atoms with E-state index in [-0.39, 0.29) is 5.82 Å². The van der Waals surface area contributed by atoms with Gasteiger partial charge in [0.05, 0.1) is 0 Å². The molecule has 0 aliphatic carbocycles. The van der Waals surface area contributed by atoms with Gasteiger partial charge in [-0.15, -0.1) is 0 Å². The van der Waals surface area contributed by atoms with E-state index in [1.165, 1.54) is 37.8 Å². The molecule has 3 heteroatoms. The summed E-state index contributed by atoms with van der Waals surface area (Å²) in [5.74, 6) is -0.179. The van der Waals surface area contributed by atoms with Crippen molar-refractivity contribution in [1.82, 2.24) is 4.90 Å². The van der Waals surface area contributed by atoms with Gasteiger partial charge in [-0.05, 0) is 31.2 Å². The summed E-state index contributed by atoms with van der Waals surface area (Å²) in [7, 11) is 2.10. The van der Waals surface area contributed by atoms with Gasteiger partial charge in [-0.2, -0.15) is 0 Å². The zero-order valence-electron chi connectivity index (χ0n) is 12.2. The Morgan fingerprint density at radius 2 is 1.84 bits per heavy atom. The first-order valence-corrected chi connectivity index (χ1v) is 7.32. The predicted molar refractivity (Wildman–Crippen MR) is 79.5 cm³/mol. The van der Waals surface area contributed by atoms with E-state index in [0.29, 0.717) is 12.6 Å². The van der Waals surface area contributed by atoms with Gasteiger partial charge in [-0.3, -0.25) is 4.90 Å². The maximum Gasteiger partial charge on any atom is 0.123 e. The second-order valence-electron chi connectivity index (χ2n) is 5.28. The van der Waals surface area contributed by atoms with Crippen LogP contribution >= 0.6 is 0 Å². The van der Waals surface area contributed by atoms with Crippen molar-refractivity contribution in [2.24, 2.45) is 5.73 Å². The van der Waals surface area contributed by atoms with Gasteiger partial charge in [0.25, 0.3) is 0 Å². The fourth-order valence-electron chi connectivity index (χ4n) is 2.33. The van der Waals surface area contributed by atoms with Crippen LogP contribution in [0.5, 0.6) is 0 Å². The Labute approximate surface area is 116 Å². The van der Waals surface area contributed by atoms with Crippen LogP contribution in [-0.4, -0.2) is 24.5 Å². The van der Waals surface area contributed by atoms with Gasteiger partial charge >= 0.3 is 0 Å². The summed E-state index contributed by atoms with van der Waals surface area (Å²) in [6.07, 6.45) is 6.24. The van der Waals surface area contributed by atoms with E-state index >= 15 is 0 Å². The lowest BCUT2D eigenvalue weighted by molar-refractivity contribution is 0.222. The average molecular weight is 266 g/mol. The smallest absolute Gasteiger partial charge is 0.123 e. The lowest BCUT2D eigenvalue weighted by Gasteiger charge is -2.27. The molecule has 2 nitrogen and oxygen atoms in total. The summed E-state index contributed by atoms with van der Waals surface area (Å²) in [6, 6.07) is 7.14. The largest absolute Gasteiger partial charge is 0.329 e. The molecule has 0 aromatic heterocycles. The molecule has 108 valence electrons. The van der Waals surface area contributed by atoms with Crippen molar-refractivity contribution in [3.05, 3.63) is 35.6 Å². The van der Waals surface area contributed by atoms with Crippen LogP contribution in [0.15, 0.2) is 24.3 Å². The summed E-state index contributed by atoms with van der Waals surface area (Å²) < 4.78 is 12.9. The number of nitrogens with zero attached hydrogens (tertiary/aromatic N) is 1. The van der Waals surface area contributed by atoms with Crippen molar-refractivity contribution in [3.63, 3.8) is 0 Å². The zero-order chi connectivity index (χ0) is 14.1. The first kappa shape index (κ1) is 16.1. The van der Waals surface area contributed by atoms with E-state index < -0.39 is 0 Å². The van der Waals surface area contributed by atoms with Crippen molar-refractivity contribution in [2.75, 3.05) is 13.6 Å². The van der Waals surface area contributed by atoms with Crippen LogP contribution in [0.3, 0.4) is 0 Å². The number of halogens is 1. The van der Waals surface area contributed by atoms with Crippen LogP contribution in [0.2, 0.25) is 0 Å². The number of unbranched alkanes of at least 4 members (excludes halogenated alkanes) is 3. The molecule has 1 unspecified atom stereocenters. The van der Waals surface area contributed by atoms with Crippen LogP contribution in [0.25, 0.3) is 0 Å². The number of hydrogen-bond acceptors (Lipinski definition) is 2. The summed E-state index contributed by atoms with van der Waals surface area (Å²) in [4.78, 5) is 2.28. The van der Waals surface area contributed by atoms with Gasteiger partial charge in [0.1, 0.15) is 5.82 Å². The van der Waals surface area contributed by atoms with Crippen molar-refractivity contribution >= 4 is 0 Å². The molecule has 0 aliphatic heterocycles. The second-order valence-corrected chi connectivity index (χ2v) is 5.28. The highest BCUT2D eigenvalue weighted by molar-refractivity contribution is 5.15. The standard InChI is InChI=1S/C16H27FN2/c1-3-4-5-6-7-16(12-18)19(2)13-14-8-10-15(17)11-9-14/h8-11,16H,3-7,12-13,18H2,1-2H3. The van der Waals surface area contributed by atoms with Crippen molar-refractivity contribution in [1.29, 1.82) is 0 Å². The minimum absolute atomic E-state index is 0.179. The van der Waals surface area contributed by atoms with Crippen LogP contribution in [-0.2, 0) is 6.54 Å². The van der Waals surface area contributed by atoms with Crippen molar-refractivity contribution < 1.29 is 4.39 Å². The van der Waals surface area contributed by atoms with Gasteiger partial charge in [-0.25, -0.2) is 4.39 Å². The van der Waals surface area contributed by atoms with Crippen LogP contribution < -0.4 is 5.73 Å². The molecule has 0 amide bonds. The third-order valence-corrected chi connectivity index (χ3v) is 3.63. The highest BCUT2D eigenvalue weighted by Gasteiger charge is 2.12. The Bertz CT molecular complexity index is 337. The molecule has 0 saturated carbocycles. The van der Waals surface area contributed by atoms with E-state index in [0.717, 1.165) is 18.5 Å².